The second kappa shape index (κ2) is 9.31. The predicted octanol–water partition coefficient (Wildman–Crippen LogP) is 5.02. The molecule has 2 aliphatic rings. The van der Waals surface area contributed by atoms with Crippen molar-refractivity contribution in [2.24, 2.45) is 5.73 Å². The van der Waals surface area contributed by atoms with Gasteiger partial charge < -0.3 is 26.4 Å². The van der Waals surface area contributed by atoms with Crippen LogP contribution in [-0.2, 0) is 9.54 Å². The third-order valence-electron chi connectivity index (χ3n) is 6.47. The van der Waals surface area contributed by atoms with Gasteiger partial charge in [0.05, 0.1) is 7.11 Å². The molecular weight excluding hydrogens is 480 g/mol. The molecule has 1 atom stereocenters. The van der Waals surface area contributed by atoms with Crippen LogP contribution in [0.2, 0.25) is 0 Å². The molecule has 3 amide bonds. The highest BCUT2D eigenvalue weighted by atomic mass is 32.2. The van der Waals surface area contributed by atoms with Crippen molar-refractivity contribution in [1.82, 2.24) is 4.90 Å². The van der Waals surface area contributed by atoms with Crippen LogP contribution in [0.5, 0.6) is 5.75 Å². The molecule has 1 aromatic heterocycles. The van der Waals surface area contributed by atoms with Crippen LogP contribution in [0, 0.1) is 0 Å². The van der Waals surface area contributed by atoms with E-state index in [1.807, 2.05) is 35.7 Å². The normalized spacial score (nSPS) is 19.4. The van der Waals surface area contributed by atoms with E-state index < -0.39 is 10.7 Å². The van der Waals surface area contributed by atoms with Gasteiger partial charge in [0.25, 0.3) is 0 Å². The zero-order chi connectivity index (χ0) is 24.6. The van der Waals surface area contributed by atoms with E-state index in [4.69, 9.17) is 16.2 Å². The lowest BCUT2D eigenvalue weighted by atomic mass is 9.87. The summed E-state index contributed by atoms with van der Waals surface area (Å²) in [6, 6.07) is 16.9. The summed E-state index contributed by atoms with van der Waals surface area (Å²) in [5, 5.41) is 4.96. The molecule has 0 fully saturated rings. The summed E-state index contributed by atoms with van der Waals surface area (Å²) in [5.41, 5.74) is 16.5. The summed E-state index contributed by atoms with van der Waals surface area (Å²) >= 11 is 3.14. The molecule has 0 aliphatic carbocycles. The van der Waals surface area contributed by atoms with E-state index in [1.54, 1.807) is 47.6 Å². The third-order valence-corrected chi connectivity index (χ3v) is 9.04. The molecule has 9 heteroatoms. The lowest BCUT2D eigenvalue weighted by Crippen LogP contribution is -2.40. The molecule has 5 N–H and O–H groups in total. The average Bonchev–Trinajstić information content (AvgIpc) is 3.53. The third kappa shape index (κ3) is 4.37. The van der Waals surface area contributed by atoms with Gasteiger partial charge in [-0.25, -0.2) is 4.79 Å². The minimum atomic E-state index is -0.982. The van der Waals surface area contributed by atoms with E-state index >= 15 is 0 Å². The Morgan fingerprint density at radius 3 is 2.63 bits per heavy atom. The number of methoxy groups -OCH3 is 1. The van der Waals surface area contributed by atoms with Crippen molar-refractivity contribution in [3.05, 3.63) is 76.0 Å². The Balaban J connectivity index is 1.36. The smallest absolute Gasteiger partial charge is 0.322 e. The Hall–Kier alpha value is -3.43. The number of thiophene rings is 1. The SMILES string of the molecule is COc1ccc(NC(=O)N2CCC3=C(C2)CC(C(N)=O)(c2cc(-c4cccs4)ccc2N)S3)cc1. The lowest BCUT2D eigenvalue weighted by molar-refractivity contribution is -0.120. The van der Waals surface area contributed by atoms with Crippen LogP contribution in [0.4, 0.5) is 16.2 Å². The van der Waals surface area contributed by atoms with Gasteiger partial charge in [-0.15, -0.1) is 23.1 Å². The van der Waals surface area contributed by atoms with E-state index in [0.717, 1.165) is 32.2 Å². The molecule has 0 saturated carbocycles. The maximum Gasteiger partial charge on any atom is 0.322 e. The molecule has 0 radical (unpaired) electrons. The number of rotatable bonds is 5. The highest BCUT2D eigenvalue weighted by Crippen LogP contribution is 2.56. The number of hydrogen-bond donors (Lipinski definition) is 3. The summed E-state index contributed by atoms with van der Waals surface area (Å²) in [7, 11) is 1.60. The van der Waals surface area contributed by atoms with Crippen LogP contribution < -0.4 is 21.5 Å². The van der Waals surface area contributed by atoms with Crippen molar-refractivity contribution < 1.29 is 14.3 Å². The number of carbonyl (C=O) groups excluding carboxylic acids is 2. The van der Waals surface area contributed by atoms with Crippen molar-refractivity contribution in [1.29, 1.82) is 0 Å². The summed E-state index contributed by atoms with van der Waals surface area (Å²) in [5.74, 6) is 0.310. The van der Waals surface area contributed by atoms with Gasteiger partial charge in [0.15, 0.2) is 0 Å². The number of primary amides is 1. The number of benzene rings is 2. The Morgan fingerprint density at radius 2 is 1.94 bits per heavy atom. The van der Waals surface area contributed by atoms with Crippen LogP contribution in [0.1, 0.15) is 18.4 Å². The Labute approximate surface area is 212 Å². The standard InChI is InChI=1S/C26H26N4O3S2/c1-33-19-7-5-18(6-8-19)29-25(32)30-11-10-23-17(15-30)14-26(35-23,24(28)31)20-13-16(4-9-21(20)27)22-3-2-12-34-22/h2-9,12-13H,10-11,14-15,27H2,1H3,(H2,28,31)(H,29,32). The highest BCUT2D eigenvalue weighted by molar-refractivity contribution is 8.05. The second-order valence-corrected chi connectivity index (χ2v) is 10.9. The van der Waals surface area contributed by atoms with Crippen LogP contribution in [0.15, 0.2) is 70.5 Å². The van der Waals surface area contributed by atoms with E-state index in [0.29, 0.717) is 37.3 Å². The molecule has 1 unspecified atom stereocenters. The lowest BCUT2D eigenvalue weighted by Gasteiger charge is -2.28. The van der Waals surface area contributed by atoms with Gasteiger partial charge >= 0.3 is 6.03 Å². The van der Waals surface area contributed by atoms with E-state index in [9.17, 15) is 9.59 Å². The molecule has 180 valence electrons. The summed E-state index contributed by atoms with van der Waals surface area (Å²) in [6.07, 6.45) is 1.11. The number of nitrogens with one attached hydrogen (secondary N) is 1. The molecule has 5 rings (SSSR count). The monoisotopic (exact) mass is 506 g/mol. The molecule has 0 bridgehead atoms. The fourth-order valence-electron chi connectivity index (χ4n) is 4.61. The minimum Gasteiger partial charge on any atom is -0.497 e. The van der Waals surface area contributed by atoms with Crippen molar-refractivity contribution in [3.8, 4) is 16.2 Å². The number of carbonyl (C=O) groups is 2. The molecule has 35 heavy (non-hydrogen) atoms. The first kappa shape index (κ1) is 23.3. The zero-order valence-corrected chi connectivity index (χ0v) is 20.9. The fraction of sp³-hybridized carbons (Fsp3) is 0.231. The first-order valence-corrected chi connectivity index (χ1v) is 12.9. The molecule has 0 spiro atoms. The van der Waals surface area contributed by atoms with Crippen LogP contribution >= 0.6 is 23.1 Å². The number of urea groups is 1. The summed E-state index contributed by atoms with van der Waals surface area (Å²) in [4.78, 5) is 29.9. The van der Waals surface area contributed by atoms with Crippen molar-refractivity contribution in [2.45, 2.75) is 17.6 Å². The maximum absolute atomic E-state index is 12.9. The fourth-order valence-corrected chi connectivity index (χ4v) is 6.86. The Kier molecular flexibility index (Phi) is 6.21. The zero-order valence-electron chi connectivity index (χ0n) is 19.2. The number of nitrogens with two attached hydrogens (primary N) is 2. The minimum absolute atomic E-state index is 0.178. The van der Waals surface area contributed by atoms with Crippen molar-refractivity contribution in [3.63, 3.8) is 0 Å². The van der Waals surface area contributed by atoms with E-state index in [2.05, 4.69) is 5.32 Å². The highest BCUT2D eigenvalue weighted by Gasteiger charge is 2.48. The largest absolute Gasteiger partial charge is 0.497 e. The van der Waals surface area contributed by atoms with E-state index in [-0.39, 0.29) is 6.03 Å². The molecule has 3 aromatic rings. The van der Waals surface area contributed by atoms with Crippen LogP contribution in [0.25, 0.3) is 10.4 Å². The number of nitrogen functional groups attached to an aromatic ring is 1. The second-order valence-electron chi connectivity index (χ2n) is 8.61. The number of hydrogen-bond acceptors (Lipinski definition) is 6. The van der Waals surface area contributed by atoms with Gasteiger partial charge in [-0.2, -0.15) is 0 Å². The molecular formula is C26H26N4O3S2. The van der Waals surface area contributed by atoms with Gasteiger partial charge in [0.2, 0.25) is 5.91 Å². The van der Waals surface area contributed by atoms with Crippen molar-refractivity contribution in [2.75, 3.05) is 31.2 Å². The molecule has 2 aliphatic heterocycles. The van der Waals surface area contributed by atoms with E-state index in [1.165, 1.54) is 11.8 Å². The molecule has 7 nitrogen and oxygen atoms in total. The van der Waals surface area contributed by atoms with Gasteiger partial charge in [-0.1, -0.05) is 12.1 Å². The van der Waals surface area contributed by atoms with Gasteiger partial charge in [-0.3, -0.25) is 4.79 Å². The summed E-state index contributed by atoms with van der Waals surface area (Å²) in [6.45, 7) is 1.01. The predicted molar refractivity (Wildman–Crippen MR) is 142 cm³/mol. The number of thioether (sulfide) groups is 1. The Morgan fingerprint density at radius 1 is 1.14 bits per heavy atom. The summed E-state index contributed by atoms with van der Waals surface area (Å²) < 4.78 is 4.19. The van der Waals surface area contributed by atoms with Gasteiger partial charge in [0, 0.05) is 34.9 Å². The van der Waals surface area contributed by atoms with Crippen LogP contribution in [-0.4, -0.2) is 37.0 Å². The number of anilines is 2. The number of ether oxygens (including phenoxy) is 1. The first-order chi connectivity index (χ1) is 16.9. The number of amides is 3. The van der Waals surface area contributed by atoms with Crippen molar-refractivity contribution >= 4 is 46.4 Å². The first-order valence-electron chi connectivity index (χ1n) is 11.2. The molecule has 3 heterocycles. The topological polar surface area (TPSA) is 111 Å². The maximum atomic E-state index is 12.9. The average molecular weight is 507 g/mol. The number of nitrogens with zero attached hydrogens (tertiary/aromatic N) is 1. The van der Waals surface area contributed by atoms with Gasteiger partial charge in [-0.05, 0) is 76.7 Å². The van der Waals surface area contributed by atoms with Crippen LogP contribution in [0.3, 0.4) is 0 Å². The Bertz CT molecular complexity index is 1300. The molecule has 2 aromatic carbocycles. The quantitative estimate of drug-likeness (QED) is 0.421. The van der Waals surface area contributed by atoms with Gasteiger partial charge in [0.1, 0.15) is 10.5 Å². The molecule has 0 saturated heterocycles.